The van der Waals surface area contributed by atoms with Crippen LogP contribution in [0.3, 0.4) is 0 Å². The van der Waals surface area contributed by atoms with Crippen molar-refractivity contribution in [3.05, 3.63) is 116 Å². The molecule has 0 spiro atoms. The van der Waals surface area contributed by atoms with Crippen LogP contribution in [0.2, 0.25) is 0 Å². The number of nitrogens with one attached hydrogen (secondary N) is 1. The molecule has 0 aliphatic carbocycles. The monoisotopic (exact) mass is 703 g/mol. The number of hydrogen-bond donors (Lipinski definition) is 1. The minimum atomic E-state index is 0. The van der Waals surface area contributed by atoms with Gasteiger partial charge in [0.05, 0.1) is 0 Å². The van der Waals surface area contributed by atoms with Crippen LogP contribution in [-0.4, -0.2) is 14.5 Å². The van der Waals surface area contributed by atoms with Crippen molar-refractivity contribution in [2.24, 2.45) is 0 Å². The molecule has 40 heavy (non-hydrogen) atoms. The van der Waals surface area contributed by atoms with Gasteiger partial charge in [-0.3, -0.25) is 4.98 Å². The zero-order valence-corrected chi connectivity index (χ0v) is 24.5. The molecule has 3 aromatic heterocycles. The second-order valence-electron chi connectivity index (χ2n) is 10.6. The molecule has 0 radical (unpaired) electrons. The van der Waals surface area contributed by atoms with Crippen molar-refractivity contribution in [1.29, 1.82) is 0 Å². The van der Waals surface area contributed by atoms with Crippen LogP contribution < -0.4 is 15.0 Å². The van der Waals surface area contributed by atoms with Gasteiger partial charge in [0.1, 0.15) is 11.7 Å². The number of para-hydroxylation sites is 3. The molecular weight excluding hydrogens is 677 g/mol. The Morgan fingerprint density at radius 3 is 2.52 bits per heavy atom. The topological polar surface area (TPSA) is 55.2 Å². The number of fused-ring (bicyclic) bond motifs is 4. The minimum Gasteiger partial charge on any atom is -0.514 e. The number of hydrogen-bond acceptors (Lipinski definition) is 5. The summed E-state index contributed by atoms with van der Waals surface area (Å²) in [4.78, 5) is 11.2. The maximum atomic E-state index is 6.22. The minimum absolute atomic E-state index is 0. The molecule has 0 bridgehead atoms. The van der Waals surface area contributed by atoms with E-state index in [1.165, 1.54) is 5.56 Å². The molecule has 0 saturated carbocycles. The Morgan fingerprint density at radius 2 is 1.65 bits per heavy atom. The number of nitrogens with zero attached hydrogens (tertiary/aromatic N) is 4. The van der Waals surface area contributed by atoms with Gasteiger partial charge < -0.3 is 19.5 Å². The first-order valence-corrected chi connectivity index (χ1v) is 12.9. The summed E-state index contributed by atoms with van der Waals surface area (Å²) in [7, 11) is 0. The average Bonchev–Trinajstić information content (AvgIpc) is 3.52. The smallest absolute Gasteiger partial charge is 0.135 e. The first-order valence-electron chi connectivity index (χ1n) is 12.9. The summed E-state index contributed by atoms with van der Waals surface area (Å²) < 4.78 is 8.38. The Kier molecular flexibility index (Phi) is 6.59. The Bertz CT molecular complexity index is 1860. The van der Waals surface area contributed by atoms with Crippen LogP contribution in [0.1, 0.15) is 26.3 Å². The molecule has 3 aromatic carbocycles. The summed E-state index contributed by atoms with van der Waals surface area (Å²) in [5.74, 6) is 1.78. The van der Waals surface area contributed by atoms with Gasteiger partial charge in [0.15, 0.2) is 0 Å². The first kappa shape index (κ1) is 26.1. The second kappa shape index (κ2) is 10.1. The molecule has 0 unspecified atom stereocenters. The van der Waals surface area contributed by atoms with E-state index in [0.29, 0.717) is 11.6 Å². The van der Waals surface area contributed by atoms with Crippen LogP contribution in [0.25, 0.3) is 27.6 Å². The SMILES string of the molecule is CC(C)(C)c1ccnc(-n2c3[c-]c(Oc4[c-]c(N5[CH-]Nc6ccccc65)ccn4)ccc3c3ccccc32)c1.[Pt]. The van der Waals surface area contributed by atoms with Crippen LogP contribution in [0, 0.1) is 18.8 Å². The predicted molar refractivity (Wildman–Crippen MR) is 156 cm³/mol. The molecular formula is C33H26N5OPt-3. The van der Waals surface area contributed by atoms with Crippen molar-refractivity contribution in [3.63, 3.8) is 0 Å². The van der Waals surface area contributed by atoms with Crippen molar-refractivity contribution < 1.29 is 25.8 Å². The molecule has 0 fully saturated rings. The zero-order chi connectivity index (χ0) is 26.6. The summed E-state index contributed by atoms with van der Waals surface area (Å²) in [6, 6.07) is 33.4. The molecule has 7 rings (SSSR count). The number of ether oxygens (including phenoxy) is 1. The summed E-state index contributed by atoms with van der Waals surface area (Å²) in [5, 5.41) is 5.51. The number of aromatic nitrogens is 3. The van der Waals surface area contributed by atoms with Gasteiger partial charge in [0, 0.05) is 49.9 Å². The second-order valence-corrected chi connectivity index (χ2v) is 10.6. The number of anilines is 3. The van der Waals surface area contributed by atoms with E-state index in [9.17, 15) is 0 Å². The van der Waals surface area contributed by atoms with Crippen molar-refractivity contribution in [1.82, 2.24) is 14.5 Å². The van der Waals surface area contributed by atoms with E-state index in [1.54, 1.807) is 6.20 Å². The van der Waals surface area contributed by atoms with Gasteiger partial charge in [-0.15, -0.1) is 17.5 Å². The van der Waals surface area contributed by atoms with Gasteiger partial charge in [0.25, 0.3) is 0 Å². The van der Waals surface area contributed by atoms with Crippen LogP contribution in [0.5, 0.6) is 11.6 Å². The molecule has 1 aliphatic heterocycles. The third-order valence-corrected chi connectivity index (χ3v) is 7.04. The molecule has 7 heteroatoms. The van der Waals surface area contributed by atoms with E-state index < -0.39 is 0 Å². The Hall–Kier alpha value is -4.15. The van der Waals surface area contributed by atoms with E-state index in [2.05, 4.69) is 96.3 Å². The molecule has 0 amide bonds. The summed E-state index contributed by atoms with van der Waals surface area (Å²) in [6.07, 6.45) is 3.61. The molecule has 0 atom stereocenters. The Morgan fingerprint density at radius 1 is 0.850 bits per heavy atom. The van der Waals surface area contributed by atoms with Gasteiger partial charge in [-0.25, -0.2) is 4.98 Å². The van der Waals surface area contributed by atoms with E-state index >= 15 is 0 Å². The first-order chi connectivity index (χ1) is 19.0. The largest absolute Gasteiger partial charge is 0.514 e. The van der Waals surface area contributed by atoms with Crippen LogP contribution in [0.15, 0.2) is 91.3 Å². The van der Waals surface area contributed by atoms with Gasteiger partial charge in [-0.1, -0.05) is 56.6 Å². The van der Waals surface area contributed by atoms with Crippen molar-refractivity contribution in [2.45, 2.75) is 26.2 Å². The summed E-state index contributed by atoms with van der Waals surface area (Å²) in [5.41, 5.74) is 6.11. The van der Waals surface area contributed by atoms with Crippen LogP contribution in [0.4, 0.5) is 17.1 Å². The zero-order valence-electron chi connectivity index (χ0n) is 22.3. The number of benzene rings is 3. The van der Waals surface area contributed by atoms with Crippen molar-refractivity contribution in [2.75, 3.05) is 10.2 Å². The molecule has 0 saturated heterocycles. The van der Waals surface area contributed by atoms with Gasteiger partial charge >= 0.3 is 0 Å². The van der Waals surface area contributed by atoms with Crippen LogP contribution >= 0.6 is 0 Å². The van der Waals surface area contributed by atoms with Gasteiger partial charge in [-0.2, -0.15) is 30.6 Å². The fraction of sp³-hybridized carbons (Fsp3) is 0.121. The van der Waals surface area contributed by atoms with E-state index in [0.717, 1.165) is 44.7 Å². The van der Waals surface area contributed by atoms with E-state index in [-0.39, 0.29) is 26.5 Å². The maximum Gasteiger partial charge on any atom is 0.135 e. The quantitative estimate of drug-likeness (QED) is 0.189. The van der Waals surface area contributed by atoms with Crippen LogP contribution in [-0.2, 0) is 26.5 Å². The molecule has 1 aliphatic rings. The molecule has 6 aromatic rings. The molecule has 4 heterocycles. The standard InChI is InChI=1S/C33H26N5O.Pt/c1-33(2,3)22-14-16-34-31(18-22)38-28-10-6-4-8-25(28)26-13-12-24(20-30(26)38)39-32-19-23(15-17-35-32)37-21-36-27-9-5-7-11-29(27)37;/h4-18,21,36H,1-3H3;/q-3;. The van der Waals surface area contributed by atoms with E-state index in [1.807, 2.05) is 48.1 Å². The Labute approximate surface area is 247 Å². The third kappa shape index (κ3) is 4.52. The number of rotatable bonds is 4. The normalized spacial score (nSPS) is 12.7. The average molecular weight is 704 g/mol. The fourth-order valence-corrected chi connectivity index (χ4v) is 5.04. The summed E-state index contributed by atoms with van der Waals surface area (Å²) in [6.45, 7) is 8.54. The van der Waals surface area contributed by atoms with Crippen molar-refractivity contribution in [3.8, 4) is 17.4 Å². The van der Waals surface area contributed by atoms with Crippen molar-refractivity contribution >= 4 is 38.9 Å². The maximum absolute atomic E-state index is 6.22. The summed E-state index contributed by atoms with van der Waals surface area (Å²) >= 11 is 0. The predicted octanol–water partition coefficient (Wildman–Crippen LogP) is 7.94. The Balaban J connectivity index is 0.00000289. The molecule has 6 nitrogen and oxygen atoms in total. The fourth-order valence-electron chi connectivity index (χ4n) is 5.04. The third-order valence-electron chi connectivity index (χ3n) is 7.04. The van der Waals surface area contributed by atoms with Gasteiger partial charge in [0.2, 0.25) is 0 Å². The number of pyridine rings is 2. The van der Waals surface area contributed by atoms with E-state index in [4.69, 9.17) is 9.72 Å². The molecule has 1 N–H and O–H groups in total. The molecule has 202 valence electrons. The van der Waals surface area contributed by atoms with Gasteiger partial charge in [-0.05, 0) is 52.9 Å².